The summed E-state index contributed by atoms with van der Waals surface area (Å²) in [6, 6.07) is -0.361. The average Bonchev–Trinajstić information content (AvgIpc) is 2.76. The lowest BCUT2D eigenvalue weighted by Gasteiger charge is -2.21. The summed E-state index contributed by atoms with van der Waals surface area (Å²) in [7, 11) is 0. The summed E-state index contributed by atoms with van der Waals surface area (Å²) in [5, 5.41) is 6.50. The molecule has 0 saturated carbocycles. The van der Waals surface area contributed by atoms with Gasteiger partial charge in [-0.3, -0.25) is 14.9 Å². The van der Waals surface area contributed by atoms with E-state index in [1.807, 2.05) is 6.08 Å². The van der Waals surface area contributed by atoms with Gasteiger partial charge in [0.1, 0.15) is 17.7 Å². The summed E-state index contributed by atoms with van der Waals surface area (Å²) in [5.74, 6) is -0.465. The van der Waals surface area contributed by atoms with Crippen LogP contribution in [0.25, 0.3) is 12.2 Å². The third-order valence-corrected chi connectivity index (χ3v) is 3.27. The topological polar surface area (TPSA) is 71.3 Å². The van der Waals surface area contributed by atoms with Gasteiger partial charge in [0.2, 0.25) is 11.8 Å². The quantitative estimate of drug-likeness (QED) is 0.712. The second-order valence-electron chi connectivity index (χ2n) is 4.56. The number of rotatable bonds is 2. The zero-order valence-electron chi connectivity index (χ0n) is 9.86. The van der Waals surface area contributed by atoms with E-state index in [0.717, 1.165) is 29.2 Å². The van der Waals surface area contributed by atoms with Crippen molar-refractivity contribution in [1.29, 1.82) is 0 Å². The highest BCUT2D eigenvalue weighted by Gasteiger charge is 2.26. The van der Waals surface area contributed by atoms with Crippen molar-refractivity contribution >= 4 is 29.7 Å². The molecule has 2 aliphatic rings. The molecule has 1 aliphatic heterocycles. The lowest BCUT2D eigenvalue weighted by molar-refractivity contribution is -0.133. The third-order valence-electron chi connectivity index (χ3n) is 3.27. The number of imide groups is 1. The van der Waals surface area contributed by atoms with Crippen molar-refractivity contribution in [2.45, 2.75) is 31.7 Å². The van der Waals surface area contributed by atoms with Crippen molar-refractivity contribution in [2.24, 2.45) is 0 Å². The fraction of sp³-hybridized carbons (Fsp3) is 0.385. The predicted molar refractivity (Wildman–Crippen MR) is 65.9 cm³/mol. The maximum absolute atomic E-state index is 11.7. The maximum atomic E-state index is 11.7. The number of carbonyl (C=O) groups excluding carboxylic acids is 2. The molecule has 1 aliphatic carbocycles. The van der Waals surface area contributed by atoms with E-state index in [0.29, 0.717) is 12.8 Å². The molecular formula is C13H14N2O3. The first kappa shape index (κ1) is 11.1. The Labute approximate surface area is 104 Å². The van der Waals surface area contributed by atoms with E-state index in [-0.39, 0.29) is 17.9 Å². The van der Waals surface area contributed by atoms with Crippen LogP contribution in [0.2, 0.25) is 0 Å². The monoisotopic (exact) mass is 246 g/mol. The van der Waals surface area contributed by atoms with E-state index in [9.17, 15) is 9.59 Å². The number of fused-ring (bicyclic) bond motifs is 1. The number of anilines is 1. The third kappa shape index (κ3) is 1.92. The molecule has 1 unspecified atom stereocenters. The van der Waals surface area contributed by atoms with Gasteiger partial charge in [-0.05, 0) is 25.3 Å². The van der Waals surface area contributed by atoms with E-state index in [2.05, 4.69) is 16.7 Å². The largest absolute Gasteiger partial charge is 0.462 e. The van der Waals surface area contributed by atoms with Crippen LogP contribution < -0.4 is 21.3 Å². The second kappa shape index (κ2) is 4.33. The van der Waals surface area contributed by atoms with Gasteiger partial charge in [-0.15, -0.1) is 0 Å². The zero-order valence-corrected chi connectivity index (χ0v) is 9.86. The Bertz CT molecular complexity index is 615. The summed E-state index contributed by atoms with van der Waals surface area (Å²) in [4.78, 5) is 22.7. The molecule has 3 rings (SSSR count). The minimum Gasteiger partial charge on any atom is -0.462 e. The Morgan fingerprint density at radius 2 is 2.11 bits per heavy atom. The molecule has 1 aromatic heterocycles. The number of nitrogens with one attached hydrogen (secondary N) is 2. The van der Waals surface area contributed by atoms with Gasteiger partial charge in [0, 0.05) is 11.6 Å². The minimum absolute atomic E-state index is 0.202. The number of furan rings is 1. The van der Waals surface area contributed by atoms with Gasteiger partial charge in [-0.25, -0.2) is 0 Å². The normalized spacial score (nSPS) is 22.6. The molecule has 1 fully saturated rings. The minimum atomic E-state index is -0.361. The van der Waals surface area contributed by atoms with E-state index < -0.39 is 0 Å². The van der Waals surface area contributed by atoms with E-state index in [1.54, 1.807) is 6.26 Å². The summed E-state index contributed by atoms with van der Waals surface area (Å²) in [6.45, 7) is 0. The smallest absolute Gasteiger partial charge is 0.249 e. The van der Waals surface area contributed by atoms with Gasteiger partial charge in [0.25, 0.3) is 0 Å². The van der Waals surface area contributed by atoms with Crippen molar-refractivity contribution in [3.63, 3.8) is 0 Å². The fourth-order valence-electron chi connectivity index (χ4n) is 2.32. The van der Waals surface area contributed by atoms with Crippen LogP contribution in [0.3, 0.4) is 0 Å². The van der Waals surface area contributed by atoms with Gasteiger partial charge < -0.3 is 9.73 Å². The van der Waals surface area contributed by atoms with Gasteiger partial charge in [0.15, 0.2) is 0 Å². The first-order valence-corrected chi connectivity index (χ1v) is 6.12. The van der Waals surface area contributed by atoms with Crippen molar-refractivity contribution in [1.82, 2.24) is 5.32 Å². The Kier molecular flexibility index (Phi) is 2.66. The van der Waals surface area contributed by atoms with Crippen LogP contribution >= 0.6 is 0 Å². The van der Waals surface area contributed by atoms with Gasteiger partial charge >= 0.3 is 0 Å². The Morgan fingerprint density at radius 1 is 1.28 bits per heavy atom. The summed E-state index contributed by atoms with van der Waals surface area (Å²) in [6.07, 6.45) is 8.65. The van der Waals surface area contributed by atoms with Crippen LogP contribution in [0.5, 0.6) is 0 Å². The van der Waals surface area contributed by atoms with Crippen LogP contribution in [-0.4, -0.2) is 17.9 Å². The number of amides is 2. The first-order chi connectivity index (χ1) is 8.74. The Hall–Kier alpha value is -2.04. The maximum Gasteiger partial charge on any atom is 0.249 e. The van der Waals surface area contributed by atoms with Gasteiger partial charge in [0.05, 0.1) is 5.69 Å². The SMILES string of the molecule is O=C1CCC(Nc2coc3c2=CCCC=3)C(=O)N1. The number of hydrogen-bond donors (Lipinski definition) is 2. The summed E-state index contributed by atoms with van der Waals surface area (Å²) < 4.78 is 5.44. The Balaban J connectivity index is 1.84. The molecule has 2 amide bonds. The lowest BCUT2D eigenvalue weighted by Crippen LogP contribution is -2.48. The molecule has 0 spiro atoms. The van der Waals surface area contributed by atoms with Crippen LogP contribution in [0.4, 0.5) is 5.69 Å². The van der Waals surface area contributed by atoms with Crippen molar-refractivity contribution in [2.75, 3.05) is 5.32 Å². The molecule has 18 heavy (non-hydrogen) atoms. The first-order valence-electron chi connectivity index (χ1n) is 6.12. The zero-order chi connectivity index (χ0) is 12.5. The van der Waals surface area contributed by atoms with Crippen LogP contribution in [-0.2, 0) is 9.59 Å². The van der Waals surface area contributed by atoms with Crippen molar-refractivity contribution in [3.05, 3.63) is 16.9 Å². The van der Waals surface area contributed by atoms with Gasteiger partial charge in [-0.2, -0.15) is 0 Å². The Morgan fingerprint density at radius 3 is 2.94 bits per heavy atom. The summed E-state index contributed by atoms with van der Waals surface area (Å²) >= 11 is 0. The highest BCUT2D eigenvalue weighted by molar-refractivity contribution is 6.01. The number of piperidine rings is 1. The fourth-order valence-corrected chi connectivity index (χ4v) is 2.32. The molecule has 1 aromatic rings. The summed E-state index contributed by atoms with van der Waals surface area (Å²) in [5.41, 5.74) is 1.69. The van der Waals surface area contributed by atoms with Gasteiger partial charge in [-0.1, -0.05) is 6.08 Å². The molecule has 0 radical (unpaired) electrons. The van der Waals surface area contributed by atoms with Crippen molar-refractivity contribution in [3.8, 4) is 0 Å². The van der Waals surface area contributed by atoms with E-state index >= 15 is 0 Å². The second-order valence-corrected chi connectivity index (χ2v) is 4.56. The molecule has 0 bridgehead atoms. The standard InChI is InChI=1S/C13H14N2O3/c16-12-6-5-9(13(17)15-12)14-10-7-18-11-4-2-1-3-8(10)11/h3-4,7,9,14H,1-2,5-6H2,(H,15,16,17). The average molecular weight is 246 g/mol. The lowest BCUT2D eigenvalue weighted by atomic mass is 10.1. The molecule has 2 N–H and O–H groups in total. The van der Waals surface area contributed by atoms with Crippen LogP contribution in [0, 0.1) is 0 Å². The molecule has 5 heteroatoms. The number of hydrogen-bond acceptors (Lipinski definition) is 4. The van der Waals surface area contributed by atoms with E-state index in [1.165, 1.54) is 0 Å². The van der Waals surface area contributed by atoms with E-state index in [4.69, 9.17) is 4.42 Å². The molecule has 94 valence electrons. The van der Waals surface area contributed by atoms with Crippen LogP contribution in [0.15, 0.2) is 10.7 Å². The highest BCUT2D eigenvalue weighted by atomic mass is 16.3. The molecule has 1 saturated heterocycles. The highest BCUT2D eigenvalue weighted by Crippen LogP contribution is 2.11. The predicted octanol–water partition coefficient (Wildman–Crippen LogP) is -0.149. The molecule has 1 atom stereocenters. The number of carbonyl (C=O) groups is 2. The molecule has 2 heterocycles. The molecule has 5 nitrogen and oxygen atoms in total. The molecule has 0 aromatic carbocycles. The molecular weight excluding hydrogens is 232 g/mol. The van der Waals surface area contributed by atoms with Crippen molar-refractivity contribution < 1.29 is 14.0 Å². The van der Waals surface area contributed by atoms with Crippen LogP contribution in [0.1, 0.15) is 25.7 Å².